The molecule has 0 atom stereocenters. The van der Waals surface area contributed by atoms with E-state index >= 15 is 0 Å². The smallest absolute Gasteiger partial charge is 0.155 e. The minimum absolute atomic E-state index is 0.836. The maximum Gasteiger partial charge on any atom is 0.155 e. The molecule has 0 saturated carbocycles. The highest BCUT2D eigenvalue weighted by molar-refractivity contribution is 5.93. The van der Waals surface area contributed by atoms with Gasteiger partial charge < -0.3 is 9.47 Å². The molecular formula is C19H13NO2. The number of aryl methyl sites for hydroxylation is 1. The molecule has 0 amide bonds. The van der Waals surface area contributed by atoms with Crippen LogP contribution < -0.4 is 14.4 Å². The van der Waals surface area contributed by atoms with Crippen molar-refractivity contribution in [2.45, 2.75) is 6.92 Å². The molecule has 0 N–H and O–H groups in total. The third-order valence-electron chi connectivity index (χ3n) is 4.06. The lowest BCUT2D eigenvalue weighted by molar-refractivity contribution is 0.445. The monoisotopic (exact) mass is 287 g/mol. The first-order chi connectivity index (χ1) is 10.8. The number of hydrogen-bond acceptors (Lipinski definition) is 3. The zero-order chi connectivity index (χ0) is 14.7. The van der Waals surface area contributed by atoms with Gasteiger partial charge in [-0.3, -0.25) is 4.90 Å². The first kappa shape index (κ1) is 11.7. The van der Waals surface area contributed by atoms with E-state index in [0.29, 0.717) is 0 Å². The number of ether oxygens (including phenoxy) is 2. The van der Waals surface area contributed by atoms with Crippen LogP contribution in [-0.4, -0.2) is 0 Å². The number of fused-ring (bicyclic) bond motifs is 4. The van der Waals surface area contributed by atoms with Gasteiger partial charge in [-0.2, -0.15) is 0 Å². The molecule has 3 aromatic rings. The Kier molecular flexibility index (Phi) is 2.15. The second kappa shape index (κ2) is 4.04. The van der Waals surface area contributed by atoms with Crippen LogP contribution in [-0.2, 0) is 0 Å². The molecule has 0 bridgehead atoms. The number of hydrogen-bond donors (Lipinski definition) is 0. The Morgan fingerprint density at radius 3 is 1.73 bits per heavy atom. The van der Waals surface area contributed by atoms with E-state index < -0.39 is 0 Å². The summed E-state index contributed by atoms with van der Waals surface area (Å²) in [5, 5.41) is 0. The van der Waals surface area contributed by atoms with Crippen molar-refractivity contribution in [1.82, 2.24) is 0 Å². The molecule has 3 heteroatoms. The minimum Gasteiger partial charge on any atom is -0.453 e. The van der Waals surface area contributed by atoms with Gasteiger partial charge >= 0.3 is 0 Å². The molecule has 106 valence electrons. The molecule has 5 rings (SSSR count). The van der Waals surface area contributed by atoms with Crippen molar-refractivity contribution in [3.8, 4) is 23.0 Å². The van der Waals surface area contributed by atoms with E-state index in [1.54, 1.807) is 0 Å². The molecule has 2 aliphatic rings. The standard InChI is InChI=1S/C19H13NO2/c1-12-10-17-19-18(11-12)22-16-9-5-3-7-14(16)20(19)13-6-2-4-8-15(13)21-17/h2-11H,1H3. The summed E-state index contributed by atoms with van der Waals surface area (Å²) in [5.41, 5.74) is 4.17. The molecule has 22 heavy (non-hydrogen) atoms. The number of rotatable bonds is 0. The molecule has 0 spiro atoms. The average Bonchev–Trinajstić information content (AvgIpc) is 2.54. The normalized spacial score (nSPS) is 13.4. The maximum absolute atomic E-state index is 6.10. The van der Waals surface area contributed by atoms with Gasteiger partial charge in [0.25, 0.3) is 0 Å². The van der Waals surface area contributed by atoms with Crippen LogP contribution in [0, 0.1) is 6.92 Å². The molecule has 3 aromatic carbocycles. The summed E-state index contributed by atoms with van der Waals surface area (Å²) in [5.74, 6) is 3.40. The van der Waals surface area contributed by atoms with E-state index in [2.05, 4.69) is 36.1 Å². The number of anilines is 3. The second-order valence-electron chi connectivity index (χ2n) is 5.58. The molecular weight excluding hydrogens is 274 g/mol. The zero-order valence-corrected chi connectivity index (χ0v) is 12.0. The highest BCUT2D eigenvalue weighted by Crippen LogP contribution is 2.59. The summed E-state index contributed by atoms with van der Waals surface area (Å²) >= 11 is 0. The molecule has 0 radical (unpaired) electrons. The average molecular weight is 287 g/mol. The lowest BCUT2D eigenvalue weighted by atomic mass is 10.1. The van der Waals surface area contributed by atoms with E-state index in [9.17, 15) is 0 Å². The molecule has 2 aliphatic heterocycles. The van der Waals surface area contributed by atoms with Crippen LogP contribution in [0.5, 0.6) is 23.0 Å². The lowest BCUT2D eigenvalue weighted by Crippen LogP contribution is -2.20. The number of benzene rings is 3. The Balaban J connectivity index is 1.88. The Bertz CT molecular complexity index is 846. The van der Waals surface area contributed by atoms with Gasteiger partial charge in [0.15, 0.2) is 23.0 Å². The van der Waals surface area contributed by atoms with Gasteiger partial charge in [-0.1, -0.05) is 24.3 Å². The van der Waals surface area contributed by atoms with Gasteiger partial charge in [0, 0.05) is 0 Å². The molecule has 2 heterocycles. The summed E-state index contributed by atoms with van der Waals surface area (Å²) < 4.78 is 12.2. The summed E-state index contributed by atoms with van der Waals surface area (Å²) in [4.78, 5) is 2.22. The van der Waals surface area contributed by atoms with Crippen LogP contribution in [0.3, 0.4) is 0 Å². The Morgan fingerprint density at radius 1 is 0.682 bits per heavy atom. The zero-order valence-electron chi connectivity index (χ0n) is 12.0. The minimum atomic E-state index is 0.836. The Morgan fingerprint density at radius 2 is 1.18 bits per heavy atom. The fourth-order valence-electron chi connectivity index (χ4n) is 3.15. The van der Waals surface area contributed by atoms with Crippen LogP contribution in [0.4, 0.5) is 17.1 Å². The van der Waals surface area contributed by atoms with Crippen molar-refractivity contribution in [1.29, 1.82) is 0 Å². The first-order valence-electron chi connectivity index (χ1n) is 7.30. The molecule has 3 nitrogen and oxygen atoms in total. The topological polar surface area (TPSA) is 21.7 Å². The van der Waals surface area contributed by atoms with Gasteiger partial charge in [-0.25, -0.2) is 0 Å². The SMILES string of the molecule is Cc1cc2c3c(c1)Oc1ccccc1N3c1ccccc1O2. The van der Waals surface area contributed by atoms with Crippen molar-refractivity contribution in [2.75, 3.05) is 4.90 Å². The van der Waals surface area contributed by atoms with Crippen LogP contribution in [0.2, 0.25) is 0 Å². The quantitative estimate of drug-likeness (QED) is 0.366. The number of nitrogens with zero attached hydrogens (tertiary/aromatic N) is 1. The number of para-hydroxylation sites is 4. The highest BCUT2D eigenvalue weighted by atomic mass is 16.5. The highest BCUT2D eigenvalue weighted by Gasteiger charge is 2.34. The van der Waals surface area contributed by atoms with Gasteiger partial charge in [-0.05, 0) is 48.9 Å². The molecule has 0 aromatic heterocycles. The van der Waals surface area contributed by atoms with E-state index in [0.717, 1.165) is 45.6 Å². The Hall–Kier alpha value is -2.94. The fraction of sp³-hybridized carbons (Fsp3) is 0.0526. The summed E-state index contributed by atoms with van der Waals surface area (Å²) in [6.45, 7) is 2.05. The summed E-state index contributed by atoms with van der Waals surface area (Å²) in [6, 6.07) is 20.3. The fourth-order valence-corrected chi connectivity index (χ4v) is 3.15. The van der Waals surface area contributed by atoms with Crippen LogP contribution in [0.15, 0.2) is 60.7 Å². The van der Waals surface area contributed by atoms with Gasteiger partial charge in [0.1, 0.15) is 5.69 Å². The summed E-state index contributed by atoms with van der Waals surface area (Å²) in [7, 11) is 0. The van der Waals surface area contributed by atoms with Crippen molar-refractivity contribution >= 4 is 17.1 Å². The van der Waals surface area contributed by atoms with E-state index in [1.165, 1.54) is 0 Å². The maximum atomic E-state index is 6.10. The van der Waals surface area contributed by atoms with E-state index in [1.807, 2.05) is 36.4 Å². The van der Waals surface area contributed by atoms with Crippen LogP contribution >= 0.6 is 0 Å². The summed E-state index contributed by atoms with van der Waals surface area (Å²) in [6.07, 6.45) is 0. The lowest BCUT2D eigenvalue weighted by Gasteiger charge is -2.37. The largest absolute Gasteiger partial charge is 0.453 e. The van der Waals surface area contributed by atoms with Gasteiger partial charge in [0.2, 0.25) is 0 Å². The molecule has 0 aliphatic carbocycles. The Labute approximate surface area is 128 Å². The van der Waals surface area contributed by atoms with Crippen LogP contribution in [0.25, 0.3) is 0 Å². The predicted molar refractivity (Wildman–Crippen MR) is 86.0 cm³/mol. The van der Waals surface area contributed by atoms with Crippen molar-refractivity contribution in [2.24, 2.45) is 0 Å². The molecule has 0 fully saturated rings. The predicted octanol–water partition coefficient (Wildman–Crippen LogP) is 5.68. The van der Waals surface area contributed by atoms with Crippen molar-refractivity contribution in [3.63, 3.8) is 0 Å². The molecule has 0 unspecified atom stereocenters. The second-order valence-corrected chi connectivity index (χ2v) is 5.58. The third kappa shape index (κ3) is 1.45. The van der Waals surface area contributed by atoms with E-state index in [4.69, 9.17) is 9.47 Å². The third-order valence-corrected chi connectivity index (χ3v) is 4.06. The van der Waals surface area contributed by atoms with Crippen LogP contribution in [0.1, 0.15) is 5.56 Å². The molecule has 0 saturated heterocycles. The van der Waals surface area contributed by atoms with Crippen molar-refractivity contribution in [3.05, 3.63) is 66.2 Å². The first-order valence-corrected chi connectivity index (χ1v) is 7.30. The van der Waals surface area contributed by atoms with Gasteiger partial charge in [0.05, 0.1) is 11.4 Å². The van der Waals surface area contributed by atoms with Crippen molar-refractivity contribution < 1.29 is 9.47 Å². The van der Waals surface area contributed by atoms with Gasteiger partial charge in [-0.15, -0.1) is 0 Å². The van der Waals surface area contributed by atoms with E-state index in [-0.39, 0.29) is 0 Å².